The highest BCUT2D eigenvalue weighted by Gasteiger charge is 2.28. The number of aromatic nitrogens is 3. The minimum absolute atomic E-state index is 0.0308. The molecule has 10 nitrogen and oxygen atoms in total. The van der Waals surface area contributed by atoms with E-state index in [4.69, 9.17) is 24.4 Å². The summed E-state index contributed by atoms with van der Waals surface area (Å²) in [5, 5.41) is 15.2. The molecule has 28 heavy (non-hydrogen) atoms. The number of pyridine rings is 1. The number of hydrogen-bond acceptors (Lipinski definition) is 10. The van der Waals surface area contributed by atoms with Crippen molar-refractivity contribution in [2.75, 3.05) is 40.6 Å². The summed E-state index contributed by atoms with van der Waals surface area (Å²) in [4.78, 5) is 23.8. The van der Waals surface area contributed by atoms with Gasteiger partial charge in [-0.15, -0.1) is 0 Å². The van der Waals surface area contributed by atoms with Crippen molar-refractivity contribution < 1.29 is 38.3 Å². The molecule has 3 heterocycles. The molecule has 0 aromatic carbocycles. The summed E-state index contributed by atoms with van der Waals surface area (Å²) in [6.45, 7) is 0.465. The molecule has 3 rings (SSSR count). The highest BCUT2D eigenvalue weighted by atomic mass is 19.1. The molecule has 2 N–H and O–H groups in total. The Balaban J connectivity index is 0.000000640. The number of nitrogens with zero attached hydrogens (tertiary/aromatic N) is 3. The standard InChI is InChI=1S/C15H14FN3O5.C2H6O2/c1-21-11-5-8(9(16)6-17-11)12-13(15-23-3-4-24-15)19-10(7-18-12)14(20)22-2;3-1-2-4/h5-7,15H,3-4H2,1-2H3;3-4H,1-2H2. The number of esters is 1. The van der Waals surface area contributed by atoms with E-state index < -0.39 is 18.1 Å². The Labute approximate surface area is 159 Å². The van der Waals surface area contributed by atoms with Crippen LogP contribution < -0.4 is 4.74 Å². The summed E-state index contributed by atoms with van der Waals surface area (Å²) >= 11 is 0. The van der Waals surface area contributed by atoms with Crippen molar-refractivity contribution in [1.82, 2.24) is 15.0 Å². The second kappa shape index (κ2) is 10.6. The molecule has 1 aliphatic heterocycles. The van der Waals surface area contributed by atoms with Gasteiger partial charge in [-0.3, -0.25) is 4.98 Å². The molecular weight excluding hydrogens is 377 g/mol. The fourth-order valence-electron chi connectivity index (χ4n) is 2.21. The van der Waals surface area contributed by atoms with E-state index in [1.165, 1.54) is 26.5 Å². The Hall–Kier alpha value is -2.73. The van der Waals surface area contributed by atoms with Crippen molar-refractivity contribution in [3.63, 3.8) is 0 Å². The van der Waals surface area contributed by atoms with Crippen LogP contribution in [0.5, 0.6) is 5.88 Å². The van der Waals surface area contributed by atoms with Crippen LogP contribution in [-0.2, 0) is 14.2 Å². The summed E-state index contributed by atoms with van der Waals surface area (Å²) in [7, 11) is 2.65. The van der Waals surface area contributed by atoms with E-state index in [1.807, 2.05) is 0 Å². The lowest BCUT2D eigenvalue weighted by atomic mass is 10.1. The molecule has 2 aromatic heterocycles. The summed E-state index contributed by atoms with van der Waals surface area (Å²) in [5.41, 5.74) is 0.437. The first-order valence-electron chi connectivity index (χ1n) is 8.15. The Morgan fingerprint density at radius 3 is 2.46 bits per heavy atom. The second-order valence-corrected chi connectivity index (χ2v) is 5.21. The number of carbonyl (C=O) groups is 1. The average molecular weight is 397 g/mol. The lowest BCUT2D eigenvalue weighted by Crippen LogP contribution is -2.12. The predicted octanol–water partition coefficient (Wildman–Crippen LogP) is 0.489. The Bertz CT molecular complexity index is 798. The molecule has 0 saturated carbocycles. The number of halogens is 1. The summed E-state index contributed by atoms with van der Waals surface area (Å²) in [6.07, 6.45) is 1.37. The van der Waals surface area contributed by atoms with Gasteiger partial charge < -0.3 is 29.2 Å². The third kappa shape index (κ3) is 5.16. The molecule has 0 bridgehead atoms. The maximum atomic E-state index is 14.2. The van der Waals surface area contributed by atoms with E-state index in [0.29, 0.717) is 13.2 Å². The van der Waals surface area contributed by atoms with E-state index in [2.05, 4.69) is 19.7 Å². The van der Waals surface area contributed by atoms with Gasteiger partial charge in [-0.05, 0) is 0 Å². The molecular formula is C17H20FN3O7. The zero-order valence-corrected chi connectivity index (χ0v) is 15.3. The van der Waals surface area contributed by atoms with E-state index in [0.717, 1.165) is 6.20 Å². The number of hydrogen-bond donors (Lipinski definition) is 2. The van der Waals surface area contributed by atoms with Crippen molar-refractivity contribution in [2.45, 2.75) is 6.29 Å². The minimum atomic E-state index is -0.851. The van der Waals surface area contributed by atoms with Crippen LogP contribution in [0, 0.1) is 5.82 Å². The van der Waals surface area contributed by atoms with Gasteiger partial charge in [-0.2, -0.15) is 0 Å². The molecule has 2 aromatic rings. The van der Waals surface area contributed by atoms with Crippen molar-refractivity contribution in [3.8, 4) is 17.1 Å². The van der Waals surface area contributed by atoms with Crippen LogP contribution >= 0.6 is 0 Å². The van der Waals surface area contributed by atoms with Gasteiger partial charge in [0, 0.05) is 11.6 Å². The fraction of sp³-hybridized carbons (Fsp3) is 0.412. The average Bonchev–Trinajstić information content (AvgIpc) is 3.28. The molecule has 0 spiro atoms. The Kier molecular flexibility index (Phi) is 8.14. The zero-order chi connectivity index (χ0) is 20.5. The monoisotopic (exact) mass is 397 g/mol. The fourth-order valence-corrected chi connectivity index (χ4v) is 2.21. The third-order valence-electron chi connectivity index (χ3n) is 3.43. The molecule has 0 radical (unpaired) electrons. The van der Waals surface area contributed by atoms with Crippen molar-refractivity contribution in [3.05, 3.63) is 35.7 Å². The maximum Gasteiger partial charge on any atom is 0.358 e. The van der Waals surface area contributed by atoms with Crippen molar-refractivity contribution in [2.24, 2.45) is 0 Å². The largest absolute Gasteiger partial charge is 0.481 e. The predicted molar refractivity (Wildman–Crippen MR) is 91.9 cm³/mol. The second-order valence-electron chi connectivity index (χ2n) is 5.21. The van der Waals surface area contributed by atoms with Gasteiger partial charge in [-0.25, -0.2) is 19.2 Å². The molecule has 152 valence electrons. The quantitative estimate of drug-likeness (QED) is 0.687. The number of rotatable bonds is 5. The van der Waals surface area contributed by atoms with Crippen LogP contribution in [0.2, 0.25) is 0 Å². The number of ether oxygens (including phenoxy) is 4. The lowest BCUT2D eigenvalue weighted by molar-refractivity contribution is -0.0471. The SMILES string of the molecule is COC(=O)c1cnc(-c2cc(OC)ncc2F)c(C2OCCO2)n1.OCCO. The van der Waals surface area contributed by atoms with E-state index >= 15 is 0 Å². The zero-order valence-electron chi connectivity index (χ0n) is 15.3. The van der Waals surface area contributed by atoms with Crippen LogP contribution in [0.1, 0.15) is 22.5 Å². The highest BCUT2D eigenvalue weighted by molar-refractivity contribution is 5.87. The summed E-state index contributed by atoms with van der Waals surface area (Å²) in [6, 6.07) is 1.38. The maximum absolute atomic E-state index is 14.2. The van der Waals surface area contributed by atoms with Gasteiger partial charge in [0.2, 0.25) is 12.2 Å². The lowest BCUT2D eigenvalue weighted by Gasteiger charge is -2.14. The number of aliphatic hydroxyl groups is 2. The number of carbonyl (C=O) groups excluding carboxylic acids is 1. The molecule has 0 amide bonds. The first-order chi connectivity index (χ1) is 13.5. The van der Waals surface area contributed by atoms with Gasteiger partial charge in [-0.1, -0.05) is 0 Å². The van der Waals surface area contributed by atoms with E-state index in [-0.39, 0.29) is 41.7 Å². The first kappa shape index (κ1) is 21.6. The Morgan fingerprint density at radius 2 is 1.89 bits per heavy atom. The molecule has 1 saturated heterocycles. The highest BCUT2D eigenvalue weighted by Crippen LogP contribution is 2.32. The molecule has 0 unspecified atom stereocenters. The smallest absolute Gasteiger partial charge is 0.358 e. The van der Waals surface area contributed by atoms with Crippen LogP contribution in [0.3, 0.4) is 0 Å². The van der Waals surface area contributed by atoms with Gasteiger partial charge >= 0.3 is 5.97 Å². The van der Waals surface area contributed by atoms with Crippen molar-refractivity contribution in [1.29, 1.82) is 0 Å². The summed E-state index contributed by atoms with van der Waals surface area (Å²) < 4.78 is 34.7. The van der Waals surface area contributed by atoms with Crippen molar-refractivity contribution >= 4 is 5.97 Å². The van der Waals surface area contributed by atoms with Gasteiger partial charge in [0.15, 0.2) is 11.5 Å². The van der Waals surface area contributed by atoms with Crippen LogP contribution in [-0.4, -0.2) is 71.8 Å². The Morgan fingerprint density at radius 1 is 1.21 bits per heavy atom. The molecule has 0 atom stereocenters. The molecule has 11 heteroatoms. The van der Waals surface area contributed by atoms with Crippen LogP contribution in [0.4, 0.5) is 4.39 Å². The van der Waals surface area contributed by atoms with E-state index in [1.54, 1.807) is 0 Å². The minimum Gasteiger partial charge on any atom is -0.481 e. The van der Waals surface area contributed by atoms with Gasteiger partial charge in [0.25, 0.3) is 0 Å². The summed E-state index contributed by atoms with van der Waals surface area (Å²) in [5.74, 6) is -1.07. The van der Waals surface area contributed by atoms with Gasteiger partial charge in [0.05, 0.1) is 53.0 Å². The van der Waals surface area contributed by atoms with Crippen LogP contribution in [0.25, 0.3) is 11.3 Å². The number of aliphatic hydroxyl groups excluding tert-OH is 2. The van der Waals surface area contributed by atoms with E-state index in [9.17, 15) is 9.18 Å². The van der Waals surface area contributed by atoms with Gasteiger partial charge in [0.1, 0.15) is 11.4 Å². The first-order valence-corrected chi connectivity index (χ1v) is 8.15. The molecule has 1 fully saturated rings. The molecule has 0 aliphatic carbocycles. The molecule has 1 aliphatic rings. The topological polar surface area (TPSA) is 133 Å². The normalized spacial score (nSPS) is 13.6. The number of methoxy groups -OCH3 is 2. The van der Waals surface area contributed by atoms with Crippen LogP contribution in [0.15, 0.2) is 18.5 Å². The third-order valence-corrected chi connectivity index (χ3v) is 3.43.